The first-order chi connectivity index (χ1) is 14.9. The van der Waals surface area contributed by atoms with Crippen molar-refractivity contribution < 1.29 is 19.1 Å². The average Bonchev–Trinajstić information content (AvgIpc) is 3.12. The Morgan fingerprint density at radius 1 is 1.13 bits per heavy atom. The molecule has 0 saturated carbocycles. The van der Waals surface area contributed by atoms with E-state index >= 15 is 0 Å². The fourth-order valence-corrected chi connectivity index (χ4v) is 3.67. The van der Waals surface area contributed by atoms with E-state index in [0.717, 1.165) is 17.1 Å². The zero-order chi connectivity index (χ0) is 22.4. The Bertz CT molecular complexity index is 1090. The number of hydrogen-bond donors (Lipinski definition) is 1. The SMILES string of the molecule is COC(=O)c1cc(NC(=O)CSc2nnc(Cc3ccc(OC)cc3)n2C)ccc1Cl. The van der Waals surface area contributed by atoms with Gasteiger partial charge >= 0.3 is 5.97 Å². The van der Waals surface area contributed by atoms with Crippen LogP contribution in [0.1, 0.15) is 21.7 Å². The van der Waals surface area contributed by atoms with Crippen LogP contribution < -0.4 is 10.1 Å². The van der Waals surface area contributed by atoms with Gasteiger partial charge in [0.05, 0.1) is 30.6 Å². The van der Waals surface area contributed by atoms with Crippen molar-refractivity contribution >= 4 is 40.9 Å². The molecule has 1 aromatic heterocycles. The fraction of sp³-hybridized carbons (Fsp3) is 0.238. The monoisotopic (exact) mass is 460 g/mol. The number of aromatic nitrogens is 3. The minimum absolute atomic E-state index is 0.130. The normalized spacial score (nSPS) is 10.6. The van der Waals surface area contributed by atoms with Gasteiger partial charge in [-0.2, -0.15) is 0 Å². The first kappa shape index (κ1) is 22.6. The highest BCUT2D eigenvalue weighted by Crippen LogP contribution is 2.23. The Morgan fingerprint density at radius 3 is 2.55 bits per heavy atom. The number of benzene rings is 2. The van der Waals surface area contributed by atoms with E-state index in [2.05, 4.69) is 20.3 Å². The summed E-state index contributed by atoms with van der Waals surface area (Å²) in [4.78, 5) is 24.1. The lowest BCUT2D eigenvalue weighted by Gasteiger charge is -2.08. The van der Waals surface area contributed by atoms with Gasteiger partial charge in [0.15, 0.2) is 5.16 Å². The van der Waals surface area contributed by atoms with E-state index < -0.39 is 5.97 Å². The van der Waals surface area contributed by atoms with Gasteiger partial charge in [-0.3, -0.25) is 4.79 Å². The third kappa shape index (κ3) is 5.77. The summed E-state index contributed by atoms with van der Waals surface area (Å²) in [6, 6.07) is 12.4. The van der Waals surface area contributed by atoms with Crippen molar-refractivity contribution in [2.45, 2.75) is 11.6 Å². The third-order valence-electron chi connectivity index (χ3n) is 4.43. The summed E-state index contributed by atoms with van der Waals surface area (Å²) in [6.45, 7) is 0. The molecular weight excluding hydrogens is 440 g/mol. The Morgan fingerprint density at radius 2 is 1.87 bits per heavy atom. The highest BCUT2D eigenvalue weighted by molar-refractivity contribution is 7.99. The molecule has 0 fully saturated rings. The number of carbonyl (C=O) groups is 2. The highest BCUT2D eigenvalue weighted by atomic mass is 35.5. The van der Waals surface area contributed by atoms with Crippen molar-refractivity contribution in [2.75, 3.05) is 25.3 Å². The fourth-order valence-electron chi connectivity index (χ4n) is 2.75. The molecule has 1 heterocycles. The summed E-state index contributed by atoms with van der Waals surface area (Å²) in [7, 11) is 4.76. The zero-order valence-electron chi connectivity index (χ0n) is 17.2. The molecule has 0 aliphatic rings. The first-order valence-corrected chi connectivity index (χ1v) is 10.6. The molecular formula is C21H21ClN4O4S. The van der Waals surface area contributed by atoms with Crippen molar-refractivity contribution in [3.63, 3.8) is 0 Å². The van der Waals surface area contributed by atoms with Crippen LogP contribution in [0.2, 0.25) is 5.02 Å². The van der Waals surface area contributed by atoms with Crippen LogP contribution in [-0.4, -0.2) is 46.6 Å². The van der Waals surface area contributed by atoms with Gasteiger partial charge < -0.3 is 19.4 Å². The Hall–Kier alpha value is -3.04. The third-order valence-corrected chi connectivity index (χ3v) is 5.78. The largest absolute Gasteiger partial charge is 0.497 e. The highest BCUT2D eigenvalue weighted by Gasteiger charge is 2.15. The minimum Gasteiger partial charge on any atom is -0.497 e. The maximum atomic E-state index is 12.3. The van der Waals surface area contributed by atoms with E-state index in [1.807, 2.05) is 35.9 Å². The molecule has 0 unspecified atom stereocenters. The average molecular weight is 461 g/mol. The van der Waals surface area contributed by atoms with E-state index in [0.29, 0.717) is 17.3 Å². The minimum atomic E-state index is -0.570. The molecule has 0 saturated heterocycles. The molecule has 31 heavy (non-hydrogen) atoms. The van der Waals surface area contributed by atoms with Crippen LogP contribution in [0.4, 0.5) is 5.69 Å². The van der Waals surface area contributed by atoms with E-state index in [9.17, 15) is 9.59 Å². The van der Waals surface area contributed by atoms with Crippen LogP contribution in [0, 0.1) is 0 Å². The molecule has 0 spiro atoms. The molecule has 0 radical (unpaired) electrons. The maximum absolute atomic E-state index is 12.3. The molecule has 0 aliphatic heterocycles. The number of ether oxygens (including phenoxy) is 2. The zero-order valence-corrected chi connectivity index (χ0v) is 18.8. The smallest absolute Gasteiger partial charge is 0.339 e. The maximum Gasteiger partial charge on any atom is 0.339 e. The van der Waals surface area contributed by atoms with Gasteiger partial charge in [-0.15, -0.1) is 10.2 Å². The van der Waals surface area contributed by atoms with E-state index in [-0.39, 0.29) is 22.2 Å². The van der Waals surface area contributed by atoms with Crippen molar-refractivity contribution in [2.24, 2.45) is 7.05 Å². The summed E-state index contributed by atoms with van der Waals surface area (Å²) in [5.41, 5.74) is 1.72. The predicted molar refractivity (Wildman–Crippen MR) is 119 cm³/mol. The van der Waals surface area contributed by atoms with E-state index in [4.69, 9.17) is 16.3 Å². The molecule has 0 bridgehead atoms. The van der Waals surface area contributed by atoms with Gasteiger partial charge in [0.2, 0.25) is 5.91 Å². The molecule has 10 heteroatoms. The van der Waals surface area contributed by atoms with Gasteiger partial charge in [0.1, 0.15) is 11.6 Å². The second-order valence-electron chi connectivity index (χ2n) is 6.51. The lowest BCUT2D eigenvalue weighted by molar-refractivity contribution is -0.113. The number of carbonyl (C=O) groups excluding carboxylic acids is 2. The second kappa shape index (κ2) is 10.3. The molecule has 162 valence electrons. The second-order valence-corrected chi connectivity index (χ2v) is 7.86. The number of thioether (sulfide) groups is 1. The van der Waals surface area contributed by atoms with Crippen LogP contribution in [-0.2, 0) is 23.0 Å². The first-order valence-electron chi connectivity index (χ1n) is 9.23. The molecule has 0 atom stereocenters. The molecule has 1 N–H and O–H groups in total. The van der Waals surface area contributed by atoms with Crippen LogP contribution in [0.3, 0.4) is 0 Å². The number of halogens is 1. The Kier molecular flexibility index (Phi) is 7.54. The molecule has 1 amide bonds. The van der Waals surface area contributed by atoms with Crippen molar-refractivity contribution in [1.29, 1.82) is 0 Å². The van der Waals surface area contributed by atoms with E-state index in [1.165, 1.54) is 31.0 Å². The molecule has 8 nitrogen and oxygen atoms in total. The number of rotatable bonds is 8. The number of amides is 1. The number of nitrogens with one attached hydrogen (secondary N) is 1. The summed E-state index contributed by atoms with van der Waals surface area (Å²) < 4.78 is 11.7. The lowest BCUT2D eigenvalue weighted by Crippen LogP contribution is -2.15. The van der Waals surface area contributed by atoms with Crippen LogP contribution in [0.5, 0.6) is 5.75 Å². The standard InChI is InChI=1S/C21H21ClN4O4S/c1-26-18(10-13-4-7-15(29-2)8-5-13)24-25-21(26)31-12-19(27)23-14-6-9-17(22)16(11-14)20(28)30-3/h4-9,11H,10,12H2,1-3H3,(H,23,27). The predicted octanol–water partition coefficient (Wildman–Crippen LogP) is 3.59. The summed E-state index contributed by atoms with van der Waals surface area (Å²) in [5.74, 6) is 0.892. The number of anilines is 1. The van der Waals surface area contributed by atoms with Crippen molar-refractivity contribution in [3.05, 3.63) is 64.4 Å². The van der Waals surface area contributed by atoms with Crippen LogP contribution in [0.25, 0.3) is 0 Å². The lowest BCUT2D eigenvalue weighted by atomic mass is 10.1. The van der Waals surface area contributed by atoms with Gasteiger partial charge in [-0.25, -0.2) is 4.79 Å². The van der Waals surface area contributed by atoms with Crippen molar-refractivity contribution in [3.8, 4) is 5.75 Å². The van der Waals surface area contributed by atoms with Gasteiger partial charge in [-0.05, 0) is 35.9 Å². The Balaban J connectivity index is 1.59. The van der Waals surface area contributed by atoms with Gasteiger partial charge in [0.25, 0.3) is 0 Å². The number of nitrogens with zero attached hydrogens (tertiary/aromatic N) is 3. The quantitative estimate of drug-likeness (QED) is 0.405. The number of hydrogen-bond acceptors (Lipinski definition) is 7. The van der Waals surface area contributed by atoms with E-state index in [1.54, 1.807) is 13.2 Å². The summed E-state index contributed by atoms with van der Waals surface area (Å²) >= 11 is 7.27. The van der Waals surface area contributed by atoms with Crippen LogP contribution >= 0.6 is 23.4 Å². The topological polar surface area (TPSA) is 95.3 Å². The van der Waals surface area contributed by atoms with Crippen molar-refractivity contribution in [1.82, 2.24) is 14.8 Å². The summed E-state index contributed by atoms with van der Waals surface area (Å²) in [5, 5.41) is 12.0. The number of methoxy groups -OCH3 is 2. The van der Waals surface area contributed by atoms with Gasteiger partial charge in [-0.1, -0.05) is 35.5 Å². The summed E-state index contributed by atoms with van der Waals surface area (Å²) in [6.07, 6.45) is 0.612. The number of esters is 1. The molecule has 3 rings (SSSR count). The molecule has 2 aromatic carbocycles. The van der Waals surface area contributed by atoms with Crippen LogP contribution in [0.15, 0.2) is 47.6 Å². The molecule has 0 aliphatic carbocycles. The Labute approximate surface area is 188 Å². The molecule has 3 aromatic rings. The van der Waals surface area contributed by atoms with Gasteiger partial charge in [0, 0.05) is 19.2 Å².